The van der Waals surface area contributed by atoms with Crippen LogP contribution in [0.25, 0.3) is 16.9 Å². The number of aromatic nitrogens is 3. The van der Waals surface area contributed by atoms with Crippen molar-refractivity contribution in [3.05, 3.63) is 84.0 Å². The lowest BCUT2D eigenvalue weighted by Gasteiger charge is -2.10. The molecule has 0 radical (unpaired) electrons. The third-order valence-corrected chi connectivity index (χ3v) is 5.48. The molecule has 0 fully saturated rings. The number of carbonyl (C=O) groups is 1. The van der Waals surface area contributed by atoms with Crippen LogP contribution in [0.15, 0.2) is 71.8 Å². The summed E-state index contributed by atoms with van der Waals surface area (Å²) in [5.74, 6) is -1.31. The molecule has 0 saturated carbocycles. The van der Waals surface area contributed by atoms with Crippen LogP contribution in [0.4, 0.5) is 26.0 Å². The number of hydrogen-bond acceptors (Lipinski definition) is 6. The molecule has 2 aromatic heterocycles. The van der Waals surface area contributed by atoms with Crippen LogP contribution in [0.2, 0.25) is 0 Å². The summed E-state index contributed by atoms with van der Waals surface area (Å²) in [4.78, 5) is 25.2. The number of aliphatic imine (C=N–C) groups is 1. The molecule has 0 atom stereocenters. The third kappa shape index (κ3) is 5.56. The standard InChI is InChI=1S/C26H26F2N8O/c1-15(12-32-16(2)29)13-34-26(37)17-4-6-18(7-5-17)35-24-25-33-14-21(36(25)11-10-31-24)19-8-9-20(30-3)23(28)22(19)27/h4-12,14,30H,13H2,1-3H3,(H2,29,32)(H,31,35)(H,34,37)/b15-12+. The summed E-state index contributed by atoms with van der Waals surface area (Å²) in [5.41, 5.74) is 8.46. The van der Waals surface area contributed by atoms with E-state index in [0.29, 0.717) is 40.8 Å². The van der Waals surface area contributed by atoms with Gasteiger partial charge in [-0.3, -0.25) is 9.20 Å². The second-order valence-electron chi connectivity index (χ2n) is 8.28. The number of nitrogens with two attached hydrogens (primary N) is 1. The second-order valence-corrected chi connectivity index (χ2v) is 8.28. The van der Waals surface area contributed by atoms with Gasteiger partial charge in [-0.1, -0.05) is 0 Å². The van der Waals surface area contributed by atoms with E-state index in [0.717, 1.165) is 5.57 Å². The molecule has 37 heavy (non-hydrogen) atoms. The predicted octanol–water partition coefficient (Wildman–Crippen LogP) is 4.47. The van der Waals surface area contributed by atoms with Crippen molar-refractivity contribution in [2.75, 3.05) is 24.2 Å². The minimum atomic E-state index is -0.971. The smallest absolute Gasteiger partial charge is 0.251 e. The lowest BCUT2D eigenvalue weighted by molar-refractivity contribution is 0.0957. The fraction of sp³-hybridized carbons (Fsp3) is 0.154. The van der Waals surface area contributed by atoms with E-state index in [1.807, 2.05) is 6.92 Å². The van der Waals surface area contributed by atoms with Crippen LogP contribution in [0.5, 0.6) is 0 Å². The maximum Gasteiger partial charge on any atom is 0.251 e. The first-order valence-corrected chi connectivity index (χ1v) is 11.4. The van der Waals surface area contributed by atoms with E-state index < -0.39 is 11.6 Å². The monoisotopic (exact) mass is 504 g/mol. The molecular weight excluding hydrogens is 478 g/mol. The van der Waals surface area contributed by atoms with Crippen molar-refractivity contribution in [3.63, 3.8) is 0 Å². The zero-order valence-corrected chi connectivity index (χ0v) is 20.5. The van der Waals surface area contributed by atoms with E-state index in [1.165, 1.54) is 31.6 Å². The highest BCUT2D eigenvalue weighted by Gasteiger charge is 2.18. The van der Waals surface area contributed by atoms with Crippen molar-refractivity contribution < 1.29 is 13.6 Å². The normalized spacial score (nSPS) is 12.0. The molecule has 0 aliphatic heterocycles. The first-order chi connectivity index (χ1) is 17.8. The highest BCUT2D eigenvalue weighted by Crippen LogP contribution is 2.30. The summed E-state index contributed by atoms with van der Waals surface area (Å²) in [7, 11) is 1.52. The number of imidazole rings is 1. The summed E-state index contributed by atoms with van der Waals surface area (Å²) in [6, 6.07) is 9.79. The molecule has 4 aromatic rings. The highest BCUT2D eigenvalue weighted by molar-refractivity contribution is 5.94. The fourth-order valence-corrected chi connectivity index (χ4v) is 3.57. The number of nitrogens with one attached hydrogen (secondary N) is 3. The van der Waals surface area contributed by atoms with E-state index in [1.54, 1.807) is 48.0 Å². The number of anilines is 3. The van der Waals surface area contributed by atoms with Crippen molar-refractivity contribution in [2.45, 2.75) is 13.8 Å². The van der Waals surface area contributed by atoms with Crippen molar-refractivity contribution in [1.29, 1.82) is 0 Å². The molecule has 0 aliphatic carbocycles. The van der Waals surface area contributed by atoms with E-state index in [9.17, 15) is 13.6 Å². The van der Waals surface area contributed by atoms with Gasteiger partial charge >= 0.3 is 0 Å². The number of benzene rings is 2. The van der Waals surface area contributed by atoms with Gasteiger partial charge in [0.2, 0.25) is 0 Å². The van der Waals surface area contributed by atoms with Crippen LogP contribution < -0.4 is 21.7 Å². The Morgan fingerprint density at radius 1 is 1.11 bits per heavy atom. The molecule has 0 saturated heterocycles. The van der Waals surface area contributed by atoms with E-state index in [-0.39, 0.29) is 17.2 Å². The molecule has 1 amide bonds. The Morgan fingerprint density at radius 2 is 1.86 bits per heavy atom. The topological polar surface area (TPSA) is 122 Å². The van der Waals surface area contributed by atoms with Gasteiger partial charge in [-0.15, -0.1) is 0 Å². The van der Waals surface area contributed by atoms with Gasteiger partial charge in [0, 0.05) is 49.0 Å². The molecule has 0 aliphatic rings. The first-order valence-electron chi connectivity index (χ1n) is 11.4. The van der Waals surface area contributed by atoms with Gasteiger partial charge < -0.3 is 21.7 Å². The summed E-state index contributed by atoms with van der Waals surface area (Å²) in [6.45, 7) is 3.87. The number of rotatable bonds is 8. The average Bonchev–Trinajstić information content (AvgIpc) is 3.33. The van der Waals surface area contributed by atoms with Gasteiger partial charge in [0.1, 0.15) is 0 Å². The Bertz CT molecular complexity index is 1510. The third-order valence-electron chi connectivity index (χ3n) is 5.48. The molecular formula is C26H26F2N8O. The fourth-order valence-electron chi connectivity index (χ4n) is 3.57. The molecule has 4 rings (SSSR count). The van der Waals surface area contributed by atoms with Crippen molar-refractivity contribution in [3.8, 4) is 11.3 Å². The Morgan fingerprint density at radius 3 is 2.57 bits per heavy atom. The number of halogens is 2. The Kier molecular flexibility index (Phi) is 7.42. The SMILES string of the molecule is CNc1ccc(-c2cnc3c(Nc4ccc(C(=O)NC/C(C)=C/N=C(C)N)cc4)nccn23)c(F)c1F. The number of amidine groups is 1. The van der Waals surface area contributed by atoms with Crippen LogP contribution >= 0.6 is 0 Å². The first kappa shape index (κ1) is 25.3. The van der Waals surface area contributed by atoms with Gasteiger partial charge in [0.25, 0.3) is 5.91 Å². The Hall–Kier alpha value is -4.80. The number of amides is 1. The van der Waals surface area contributed by atoms with Crippen molar-refractivity contribution in [2.24, 2.45) is 10.7 Å². The second kappa shape index (κ2) is 10.9. The van der Waals surface area contributed by atoms with E-state index >= 15 is 0 Å². The van der Waals surface area contributed by atoms with E-state index in [2.05, 4.69) is 30.9 Å². The van der Waals surface area contributed by atoms with Crippen molar-refractivity contribution >= 4 is 34.6 Å². The molecule has 0 spiro atoms. The number of carbonyl (C=O) groups excluding carboxylic acids is 1. The maximum absolute atomic E-state index is 14.7. The zero-order valence-electron chi connectivity index (χ0n) is 20.5. The molecule has 11 heteroatoms. The van der Waals surface area contributed by atoms with Gasteiger partial charge in [0.15, 0.2) is 23.1 Å². The number of hydrogen-bond donors (Lipinski definition) is 4. The van der Waals surface area contributed by atoms with Gasteiger partial charge in [-0.2, -0.15) is 0 Å². The Balaban J connectivity index is 1.51. The minimum absolute atomic E-state index is 0.0682. The molecule has 0 unspecified atom stereocenters. The molecule has 5 N–H and O–H groups in total. The van der Waals surface area contributed by atoms with Crippen LogP contribution in [0.3, 0.4) is 0 Å². The van der Waals surface area contributed by atoms with Crippen molar-refractivity contribution in [1.82, 2.24) is 19.7 Å². The largest absolute Gasteiger partial charge is 0.387 e. The quantitative estimate of drug-likeness (QED) is 0.208. The molecule has 190 valence electrons. The maximum atomic E-state index is 14.7. The lowest BCUT2D eigenvalue weighted by atomic mass is 10.1. The molecule has 9 nitrogen and oxygen atoms in total. The lowest BCUT2D eigenvalue weighted by Crippen LogP contribution is -2.25. The van der Waals surface area contributed by atoms with Crippen LogP contribution in [-0.2, 0) is 0 Å². The number of fused-ring (bicyclic) bond motifs is 1. The molecule has 0 bridgehead atoms. The highest BCUT2D eigenvalue weighted by atomic mass is 19.2. The minimum Gasteiger partial charge on any atom is -0.387 e. The summed E-state index contributed by atoms with van der Waals surface area (Å²) in [5, 5.41) is 8.61. The average molecular weight is 505 g/mol. The number of nitrogens with zero attached hydrogens (tertiary/aromatic N) is 4. The molecule has 2 aromatic carbocycles. The summed E-state index contributed by atoms with van der Waals surface area (Å²) >= 11 is 0. The predicted molar refractivity (Wildman–Crippen MR) is 141 cm³/mol. The van der Waals surface area contributed by atoms with Crippen LogP contribution in [0.1, 0.15) is 24.2 Å². The van der Waals surface area contributed by atoms with Crippen LogP contribution in [0, 0.1) is 11.6 Å². The molecule has 2 heterocycles. The van der Waals surface area contributed by atoms with Gasteiger partial charge in [0.05, 0.1) is 23.4 Å². The van der Waals surface area contributed by atoms with Gasteiger partial charge in [-0.25, -0.2) is 23.7 Å². The van der Waals surface area contributed by atoms with Gasteiger partial charge in [-0.05, 0) is 55.8 Å². The summed E-state index contributed by atoms with van der Waals surface area (Å²) < 4.78 is 30.7. The summed E-state index contributed by atoms with van der Waals surface area (Å²) in [6.07, 6.45) is 6.23. The van der Waals surface area contributed by atoms with E-state index in [4.69, 9.17) is 5.73 Å². The zero-order chi connectivity index (χ0) is 26.5. The van der Waals surface area contributed by atoms with Crippen LogP contribution in [-0.4, -0.2) is 39.7 Å². The Labute approximate surface area is 212 Å².